The molecule has 1 heterocycles. The van der Waals surface area contributed by atoms with E-state index < -0.39 is 9.84 Å². The van der Waals surface area contributed by atoms with Crippen LogP contribution in [0.2, 0.25) is 5.02 Å². The van der Waals surface area contributed by atoms with Crippen LogP contribution in [0.4, 0.5) is 5.88 Å². The van der Waals surface area contributed by atoms with Gasteiger partial charge in [0.15, 0.2) is 0 Å². The second kappa shape index (κ2) is 9.46. The van der Waals surface area contributed by atoms with E-state index in [1.54, 1.807) is 36.4 Å². The van der Waals surface area contributed by atoms with E-state index >= 15 is 0 Å². The van der Waals surface area contributed by atoms with Gasteiger partial charge in [-0.3, -0.25) is 0 Å². The quantitative estimate of drug-likeness (QED) is 0.350. The summed E-state index contributed by atoms with van der Waals surface area (Å²) in [6, 6.07) is 22.7. The molecule has 0 atom stereocenters. The Bertz CT molecular complexity index is 1290. The Morgan fingerprint density at radius 1 is 0.969 bits per heavy atom. The molecule has 0 saturated carbocycles. The number of benzene rings is 3. The number of hydrogen-bond acceptors (Lipinski definition) is 6. The van der Waals surface area contributed by atoms with E-state index in [-0.39, 0.29) is 21.7 Å². The molecule has 0 aliphatic rings. The maximum absolute atomic E-state index is 13.4. The van der Waals surface area contributed by atoms with Crippen LogP contribution in [0.1, 0.15) is 12.5 Å². The lowest BCUT2D eigenvalue weighted by molar-refractivity contribution is 0.340. The van der Waals surface area contributed by atoms with Gasteiger partial charge in [-0.1, -0.05) is 41.9 Å². The lowest BCUT2D eigenvalue weighted by Gasteiger charge is -2.07. The number of ether oxygens (including phenoxy) is 1. The van der Waals surface area contributed by atoms with Gasteiger partial charge < -0.3 is 14.5 Å². The number of nitrogens with one attached hydrogen (secondary N) is 1. The van der Waals surface area contributed by atoms with Gasteiger partial charge in [-0.25, -0.2) is 8.42 Å². The second-order valence-electron chi connectivity index (χ2n) is 6.91. The van der Waals surface area contributed by atoms with E-state index in [1.165, 1.54) is 12.1 Å². The molecule has 1 N–H and O–H groups in total. The summed E-state index contributed by atoms with van der Waals surface area (Å²) in [5.74, 6) is 0.852. The number of anilines is 1. The highest BCUT2D eigenvalue weighted by Gasteiger charge is 2.28. The molecule has 3 aromatic carbocycles. The van der Waals surface area contributed by atoms with Gasteiger partial charge in [-0.2, -0.15) is 4.98 Å². The predicted octanol–water partition coefficient (Wildman–Crippen LogP) is 5.84. The molecule has 4 rings (SSSR count). The summed E-state index contributed by atoms with van der Waals surface area (Å²) in [5, 5.41) is 3.46. The summed E-state index contributed by atoms with van der Waals surface area (Å²) in [6.45, 7) is 2.73. The first-order valence-corrected chi connectivity index (χ1v) is 11.9. The van der Waals surface area contributed by atoms with Crippen LogP contribution in [0.5, 0.6) is 5.75 Å². The van der Waals surface area contributed by atoms with E-state index in [9.17, 15) is 8.42 Å². The van der Waals surface area contributed by atoms with Crippen molar-refractivity contribution in [2.45, 2.75) is 23.4 Å². The fraction of sp³-hybridized carbons (Fsp3) is 0.125. The fourth-order valence-corrected chi connectivity index (χ4v) is 4.49. The molecule has 0 bridgehead atoms. The zero-order valence-corrected chi connectivity index (χ0v) is 18.9. The first-order chi connectivity index (χ1) is 15.5. The molecule has 0 aliphatic heterocycles. The number of halogens is 1. The van der Waals surface area contributed by atoms with Gasteiger partial charge in [-0.15, -0.1) is 0 Å². The zero-order valence-electron chi connectivity index (χ0n) is 17.3. The van der Waals surface area contributed by atoms with E-state index in [4.69, 9.17) is 20.8 Å². The predicted molar refractivity (Wildman–Crippen MR) is 124 cm³/mol. The van der Waals surface area contributed by atoms with Gasteiger partial charge in [0, 0.05) is 17.1 Å². The number of oxazole rings is 1. The van der Waals surface area contributed by atoms with Crippen LogP contribution in [0.3, 0.4) is 0 Å². The Balaban J connectivity index is 1.73. The molecule has 0 amide bonds. The van der Waals surface area contributed by atoms with Crippen molar-refractivity contribution in [2.24, 2.45) is 0 Å². The van der Waals surface area contributed by atoms with E-state index in [1.807, 2.05) is 37.3 Å². The standard InChI is InChI=1S/C24H21ClN2O4S/c1-2-30-20-12-14-21(15-13-20)32(28,29)24-23(26-16-17-6-4-3-5-7-17)31-22(27-24)18-8-10-19(25)11-9-18/h3-15,26H,2,16H2,1H3. The average molecular weight is 469 g/mol. The number of rotatable bonds is 8. The largest absolute Gasteiger partial charge is 0.494 e. The highest BCUT2D eigenvalue weighted by molar-refractivity contribution is 7.91. The third-order valence-electron chi connectivity index (χ3n) is 4.68. The summed E-state index contributed by atoms with van der Waals surface area (Å²) in [6.07, 6.45) is 0. The van der Waals surface area contributed by atoms with Crippen LogP contribution >= 0.6 is 11.6 Å². The number of hydrogen-bond donors (Lipinski definition) is 1. The average Bonchev–Trinajstić information content (AvgIpc) is 3.25. The molecular formula is C24H21ClN2O4S. The van der Waals surface area contributed by atoms with Crippen molar-refractivity contribution >= 4 is 27.3 Å². The molecule has 164 valence electrons. The number of aromatic nitrogens is 1. The van der Waals surface area contributed by atoms with Crippen molar-refractivity contribution in [1.82, 2.24) is 4.98 Å². The van der Waals surface area contributed by atoms with Crippen LogP contribution in [-0.2, 0) is 16.4 Å². The van der Waals surface area contributed by atoms with Crippen LogP contribution < -0.4 is 10.1 Å². The van der Waals surface area contributed by atoms with Crippen LogP contribution in [-0.4, -0.2) is 20.0 Å². The maximum Gasteiger partial charge on any atom is 0.234 e. The topological polar surface area (TPSA) is 81.4 Å². The molecule has 1 aromatic heterocycles. The smallest absolute Gasteiger partial charge is 0.234 e. The van der Waals surface area contributed by atoms with Gasteiger partial charge in [0.05, 0.1) is 11.5 Å². The van der Waals surface area contributed by atoms with Crippen molar-refractivity contribution in [3.63, 3.8) is 0 Å². The van der Waals surface area contributed by atoms with Crippen molar-refractivity contribution in [2.75, 3.05) is 11.9 Å². The summed E-state index contributed by atoms with van der Waals surface area (Å²) < 4.78 is 38.1. The van der Waals surface area contributed by atoms with E-state index in [0.717, 1.165) is 5.56 Å². The monoisotopic (exact) mass is 468 g/mol. The summed E-state index contributed by atoms with van der Waals surface area (Å²) in [4.78, 5) is 4.43. The highest BCUT2D eigenvalue weighted by atomic mass is 35.5. The SMILES string of the molecule is CCOc1ccc(S(=O)(=O)c2nc(-c3ccc(Cl)cc3)oc2NCc2ccccc2)cc1. The van der Waals surface area contributed by atoms with E-state index in [2.05, 4.69) is 10.3 Å². The third kappa shape index (κ3) is 4.79. The first-order valence-electron chi connectivity index (χ1n) is 10.00. The molecule has 32 heavy (non-hydrogen) atoms. The summed E-state index contributed by atoms with van der Waals surface area (Å²) >= 11 is 5.97. The van der Waals surface area contributed by atoms with Crippen molar-refractivity contribution in [1.29, 1.82) is 0 Å². The lowest BCUT2D eigenvalue weighted by Crippen LogP contribution is -2.07. The number of sulfone groups is 1. The molecule has 4 aromatic rings. The minimum absolute atomic E-state index is 0.0766. The normalized spacial score (nSPS) is 11.3. The van der Waals surface area contributed by atoms with Crippen LogP contribution in [0.15, 0.2) is 93.2 Å². The van der Waals surface area contributed by atoms with Crippen molar-refractivity contribution in [3.05, 3.63) is 89.4 Å². The summed E-state index contributed by atoms with van der Waals surface area (Å²) in [5.41, 5.74) is 1.59. The molecule has 6 nitrogen and oxygen atoms in total. The van der Waals surface area contributed by atoms with Crippen molar-refractivity contribution < 1.29 is 17.6 Å². The third-order valence-corrected chi connectivity index (χ3v) is 6.61. The molecule has 0 saturated heterocycles. The second-order valence-corrected chi connectivity index (χ2v) is 9.21. The Hall–Kier alpha value is -3.29. The molecule has 0 fully saturated rings. The van der Waals surface area contributed by atoms with E-state index in [0.29, 0.717) is 29.5 Å². The highest BCUT2D eigenvalue weighted by Crippen LogP contribution is 2.33. The molecule has 8 heteroatoms. The van der Waals surface area contributed by atoms with Gasteiger partial charge in [0.1, 0.15) is 5.75 Å². The van der Waals surface area contributed by atoms with Gasteiger partial charge in [0.2, 0.25) is 26.6 Å². The fourth-order valence-electron chi connectivity index (χ4n) is 3.09. The Morgan fingerprint density at radius 2 is 1.66 bits per heavy atom. The Morgan fingerprint density at radius 3 is 2.31 bits per heavy atom. The van der Waals surface area contributed by atoms with Crippen LogP contribution in [0.25, 0.3) is 11.5 Å². The molecule has 0 unspecified atom stereocenters. The molecular weight excluding hydrogens is 448 g/mol. The van der Waals surface area contributed by atoms with Crippen LogP contribution in [0, 0.1) is 0 Å². The summed E-state index contributed by atoms with van der Waals surface area (Å²) in [7, 11) is -3.95. The van der Waals surface area contributed by atoms with Gasteiger partial charge in [0.25, 0.3) is 0 Å². The maximum atomic E-state index is 13.4. The van der Waals surface area contributed by atoms with Gasteiger partial charge >= 0.3 is 0 Å². The van der Waals surface area contributed by atoms with Crippen molar-refractivity contribution in [3.8, 4) is 17.2 Å². The Kier molecular flexibility index (Phi) is 6.48. The first kappa shape index (κ1) is 21.9. The molecule has 0 radical (unpaired) electrons. The minimum Gasteiger partial charge on any atom is -0.494 e. The molecule has 0 aliphatic carbocycles. The Labute approximate surface area is 191 Å². The molecule has 0 spiro atoms. The number of nitrogens with zero attached hydrogens (tertiary/aromatic N) is 1. The lowest BCUT2D eigenvalue weighted by atomic mass is 10.2. The minimum atomic E-state index is -3.95. The van der Waals surface area contributed by atoms with Gasteiger partial charge in [-0.05, 0) is 61.0 Å². The zero-order chi connectivity index (χ0) is 22.6.